The lowest BCUT2D eigenvalue weighted by atomic mass is 9.97. The molecule has 3 aliphatic rings. The molecule has 0 saturated carbocycles. The molecule has 2 amide bonds. The van der Waals surface area contributed by atoms with Gasteiger partial charge in [0.2, 0.25) is 5.96 Å². The number of hydrogen-bond acceptors (Lipinski definition) is 7. The smallest absolute Gasteiger partial charge is 0.385 e. The van der Waals surface area contributed by atoms with Crippen LogP contribution in [0.3, 0.4) is 0 Å². The van der Waals surface area contributed by atoms with Crippen molar-refractivity contribution in [1.82, 2.24) is 15.4 Å². The summed E-state index contributed by atoms with van der Waals surface area (Å²) < 4.78 is 68.1. The highest BCUT2D eigenvalue weighted by molar-refractivity contribution is 6.21. The number of allylic oxidation sites excluding steroid dienone is 4. The lowest BCUT2D eigenvalue weighted by Gasteiger charge is -2.22. The van der Waals surface area contributed by atoms with Crippen molar-refractivity contribution in [3.8, 4) is 0 Å². The molecule has 1 unspecified atom stereocenters. The normalized spacial score (nSPS) is 16.5. The van der Waals surface area contributed by atoms with Crippen molar-refractivity contribution in [2.24, 2.45) is 16.6 Å². The number of fused-ring (bicyclic) bond motifs is 3. The monoisotopic (exact) mass is 713 g/mol. The van der Waals surface area contributed by atoms with Gasteiger partial charge in [-0.2, -0.15) is 31.5 Å². The van der Waals surface area contributed by atoms with E-state index < -0.39 is 19.3 Å². The van der Waals surface area contributed by atoms with Crippen LogP contribution in [0.2, 0.25) is 0 Å². The highest BCUT2D eigenvalue weighted by Gasteiger charge is 2.35. The van der Waals surface area contributed by atoms with Gasteiger partial charge in [-0.1, -0.05) is 35.9 Å². The van der Waals surface area contributed by atoms with Crippen molar-refractivity contribution in [3.05, 3.63) is 88.0 Å². The number of rotatable bonds is 6. The zero-order chi connectivity index (χ0) is 37.4. The van der Waals surface area contributed by atoms with E-state index in [4.69, 9.17) is 16.3 Å². The first-order valence-corrected chi connectivity index (χ1v) is 15.8. The summed E-state index contributed by atoms with van der Waals surface area (Å²) in [6, 6.07) is 11.0. The molecule has 0 aliphatic carbocycles. The van der Waals surface area contributed by atoms with Gasteiger partial charge in [-0.05, 0) is 75.9 Å². The van der Waals surface area contributed by atoms with Crippen molar-refractivity contribution in [2.45, 2.75) is 79.1 Å². The lowest BCUT2D eigenvalue weighted by Crippen LogP contribution is -2.53. The molecule has 0 fully saturated rings. The van der Waals surface area contributed by atoms with Gasteiger partial charge in [-0.3, -0.25) is 25.8 Å². The largest absolute Gasteiger partial charge is 0.392 e. The average Bonchev–Trinajstić information content (AvgIpc) is 3.54. The number of hydrazine groups is 2. The van der Waals surface area contributed by atoms with E-state index in [-0.39, 0.29) is 36.9 Å². The standard InChI is InChI=1S/C23H27N7O3.C5H7F3.C5H10.CHF3/c24-23(27-19-6-3-7-26-20-11-15-13-33-12-14(15)10-18(19)20)28-30(25)9-8-29-21(31)16-4-1-2-5-17(16)22(29)32;1-2-3-4-5(6,7)8;1-4-5(2)3;2-1(3)4/h1-2,4-5,10-11,19,26H,3,6-9,12-13,25H2,(H3,24,27,28);2-3H,4H2,1H3;4H,1-3H3;1H/b;3-2+;;. The number of aliphatic imine (C=N–C) groups is 1. The molecule has 6 N–H and O–H groups in total. The number of benzene rings is 2. The number of guanidine groups is 1. The van der Waals surface area contributed by atoms with Crippen molar-refractivity contribution >= 4 is 23.5 Å². The quantitative estimate of drug-likeness (QED) is 0.0482. The Bertz CT molecular complexity index is 1470. The van der Waals surface area contributed by atoms with Crippen LogP contribution in [0.5, 0.6) is 0 Å². The fourth-order valence-corrected chi connectivity index (χ4v) is 4.79. The Morgan fingerprint density at radius 1 is 1.10 bits per heavy atom. The molecule has 16 heteroatoms. The summed E-state index contributed by atoms with van der Waals surface area (Å²) in [7, 11) is 0. The molecule has 3 heterocycles. The molecule has 0 bridgehead atoms. The molecule has 0 aromatic heterocycles. The van der Waals surface area contributed by atoms with Gasteiger partial charge in [-0.15, -0.1) is 0 Å². The summed E-state index contributed by atoms with van der Waals surface area (Å²) in [6.07, 6.45) is 1.51. The van der Waals surface area contributed by atoms with E-state index in [0.29, 0.717) is 24.3 Å². The summed E-state index contributed by atoms with van der Waals surface area (Å²) in [4.78, 5) is 30.9. The first-order chi connectivity index (χ1) is 23.6. The number of imide groups is 1. The second-order valence-electron chi connectivity index (χ2n) is 11.4. The van der Waals surface area contributed by atoms with Crippen LogP contribution in [0, 0.1) is 0 Å². The van der Waals surface area contributed by atoms with E-state index >= 15 is 0 Å². The van der Waals surface area contributed by atoms with Crippen LogP contribution < -0.4 is 22.3 Å². The number of halogens is 6. The fraction of sp³-hybridized carbons (Fsp3) is 0.441. The number of nitrogens with two attached hydrogens (primary N) is 2. The van der Waals surface area contributed by atoms with Crippen LogP contribution in [0.1, 0.15) is 90.4 Å². The Morgan fingerprint density at radius 3 is 2.16 bits per heavy atom. The third kappa shape index (κ3) is 13.8. The van der Waals surface area contributed by atoms with Crippen molar-refractivity contribution in [1.29, 1.82) is 0 Å². The van der Waals surface area contributed by atoms with Crippen molar-refractivity contribution in [3.63, 3.8) is 0 Å². The molecule has 1 atom stereocenters. The summed E-state index contributed by atoms with van der Waals surface area (Å²) in [5.74, 6) is 5.58. The average molecular weight is 714 g/mol. The van der Waals surface area contributed by atoms with Gasteiger partial charge in [0.25, 0.3) is 11.8 Å². The van der Waals surface area contributed by atoms with Crippen LogP contribution in [0.15, 0.2) is 65.2 Å². The van der Waals surface area contributed by atoms with Crippen molar-refractivity contribution in [2.75, 3.05) is 25.0 Å². The molecule has 3 aliphatic heterocycles. The van der Waals surface area contributed by atoms with E-state index in [1.54, 1.807) is 31.2 Å². The Morgan fingerprint density at radius 2 is 1.66 bits per heavy atom. The van der Waals surface area contributed by atoms with Crippen LogP contribution in [0.25, 0.3) is 0 Å². The first-order valence-electron chi connectivity index (χ1n) is 15.8. The van der Waals surface area contributed by atoms with E-state index in [1.165, 1.54) is 32.8 Å². The second-order valence-corrected chi connectivity index (χ2v) is 11.4. The number of nitrogens with one attached hydrogen (secondary N) is 2. The number of hydrogen-bond donors (Lipinski definition) is 4. The molecule has 0 saturated heterocycles. The Hall–Kier alpha value is -4.41. The maximum atomic E-state index is 12.5. The third-order valence-electron chi connectivity index (χ3n) is 7.37. The Kier molecular flexibility index (Phi) is 17.0. The number of carbonyl (C=O) groups excluding carboxylic acids is 2. The maximum absolute atomic E-state index is 12.5. The molecule has 2 aromatic rings. The Labute approximate surface area is 288 Å². The van der Waals surface area contributed by atoms with Gasteiger partial charge in [0.05, 0.1) is 43.3 Å². The minimum absolute atomic E-state index is 0.113. The van der Waals surface area contributed by atoms with Crippen LogP contribution in [-0.4, -0.2) is 60.3 Å². The molecular formula is C34H45F6N7O3. The van der Waals surface area contributed by atoms with Gasteiger partial charge >= 0.3 is 12.9 Å². The van der Waals surface area contributed by atoms with E-state index in [2.05, 4.69) is 47.8 Å². The zero-order valence-corrected chi connectivity index (χ0v) is 28.5. The predicted octanol–water partition coefficient (Wildman–Crippen LogP) is 6.92. The number of amides is 2. The van der Waals surface area contributed by atoms with Gasteiger partial charge < -0.3 is 15.8 Å². The minimum Gasteiger partial charge on any atom is -0.385 e. The molecule has 10 nitrogen and oxygen atoms in total. The number of anilines is 1. The fourth-order valence-electron chi connectivity index (χ4n) is 4.79. The molecule has 0 radical (unpaired) electrons. The van der Waals surface area contributed by atoms with Crippen molar-refractivity contribution < 1.29 is 40.7 Å². The molecule has 0 spiro atoms. The number of carbonyl (C=O) groups is 2. The van der Waals surface area contributed by atoms with Crippen LogP contribution >= 0.6 is 0 Å². The molecule has 5 rings (SSSR count). The zero-order valence-electron chi connectivity index (χ0n) is 28.5. The lowest BCUT2D eigenvalue weighted by molar-refractivity contribution is -0.125. The predicted molar refractivity (Wildman–Crippen MR) is 181 cm³/mol. The molecular weight excluding hydrogens is 668 g/mol. The maximum Gasteiger partial charge on any atom is 0.392 e. The van der Waals surface area contributed by atoms with Crippen LogP contribution in [0.4, 0.5) is 32.0 Å². The molecule has 276 valence electrons. The highest BCUT2D eigenvalue weighted by Crippen LogP contribution is 2.36. The van der Waals surface area contributed by atoms with Gasteiger partial charge in [0.15, 0.2) is 0 Å². The summed E-state index contributed by atoms with van der Waals surface area (Å²) in [5.41, 5.74) is 15.8. The number of nitrogens with zero attached hydrogens (tertiary/aromatic N) is 3. The molecule has 2 aromatic carbocycles. The molecule has 50 heavy (non-hydrogen) atoms. The number of ether oxygens (including phenoxy) is 1. The van der Waals surface area contributed by atoms with E-state index in [0.717, 1.165) is 36.7 Å². The Balaban J connectivity index is 0.000000425. The van der Waals surface area contributed by atoms with E-state index in [9.17, 15) is 35.9 Å². The minimum atomic E-state index is -4.04. The first kappa shape index (κ1) is 41.8. The third-order valence-corrected chi connectivity index (χ3v) is 7.37. The van der Waals surface area contributed by atoms with Gasteiger partial charge in [-0.25, -0.2) is 4.99 Å². The van der Waals surface area contributed by atoms with E-state index in [1.807, 2.05) is 6.92 Å². The van der Waals surface area contributed by atoms with Gasteiger partial charge in [0.1, 0.15) is 0 Å². The summed E-state index contributed by atoms with van der Waals surface area (Å²) in [5, 5.41) is 4.72. The summed E-state index contributed by atoms with van der Waals surface area (Å²) >= 11 is 0. The van der Waals surface area contributed by atoms with Crippen LogP contribution in [-0.2, 0) is 18.0 Å². The number of alkyl halides is 6. The summed E-state index contributed by atoms with van der Waals surface area (Å²) in [6.45, 7) is 6.54. The SMILES string of the molecule is C/C=C/CC(F)(F)F.CC=C(C)C.FC(F)F.NC(=NC1CCCNc2cc3c(cc21)COC3)NN(N)CCN1C(=O)c2ccccc2C1=O. The topological polar surface area (TPSA) is 138 Å². The van der Waals surface area contributed by atoms with Gasteiger partial charge in [0, 0.05) is 24.3 Å². The highest BCUT2D eigenvalue weighted by atomic mass is 19.4. The second kappa shape index (κ2) is 20.3.